The Morgan fingerprint density at radius 3 is 2.82 bits per heavy atom. The van der Waals surface area contributed by atoms with Crippen LogP contribution in [0.5, 0.6) is 0 Å². The van der Waals surface area contributed by atoms with Crippen LogP contribution in [0.4, 0.5) is 0 Å². The standard InChI is InChI=1S/C17H21N3OS/c21-17(13-22-12-14-7-8-14)19-16(11-20-10-4-9-18-20)15-5-2-1-3-6-15/h1-6,9-10,14,16H,7-8,11-13H2,(H,19,21). The third-order valence-corrected chi connectivity index (χ3v) is 4.92. The average molecular weight is 315 g/mol. The summed E-state index contributed by atoms with van der Waals surface area (Å²) in [4.78, 5) is 12.2. The molecular weight excluding hydrogens is 294 g/mol. The quantitative estimate of drug-likeness (QED) is 0.815. The van der Waals surface area contributed by atoms with Gasteiger partial charge in [0.05, 0.1) is 18.3 Å². The first-order valence-corrected chi connectivity index (χ1v) is 8.86. The van der Waals surface area contributed by atoms with E-state index in [0.29, 0.717) is 12.3 Å². The van der Waals surface area contributed by atoms with Crippen LogP contribution in [0.25, 0.3) is 0 Å². The van der Waals surface area contributed by atoms with Crippen LogP contribution in [0.2, 0.25) is 0 Å². The van der Waals surface area contributed by atoms with Gasteiger partial charge in [0, 0.05) is 12.4 Å². The zero-order chi connectivity index (χ0) is 15.2. The first-order chi connectivity index (χ1) is 10.8. The number of hydrogen-bond donors (Lipinski definition) is 1. The SMILES string of the molecule is O=C(CSCC1CC1)NC(Cn1cccn1)c1ccccc1. The zero-order valence-electron chi connectivity index (χ0n) is 12.5. The number of carbonyl (C=O) groups is 1. The van der Waals surface area contributed by atoms with Crippen molar-refractivity contribution >= 4 is 17.7 Å². The smallest absolute Gasteiger partial charge is 0.230 e. The van der Waals surface area contributed by atoms with Gasteiger partial charge >= 0.3 is 0 Å². The number of rotatable bonds is 8. The molecule has 1 aliphatic rings. The Labute approximate surface area is 135 Å². The van der Waals surface area contributed by atoms with E-state index in [-0.39, 0.29) is 11.9 Å². The van der Waals surface area contributed by atoms with Crippen molar-refractivity contribution in [2.24, 2.45) is 5.92 Å². The number of carbonyl (C=O) groups excluding carboxylic acids is 1. The summed E-state index contributed by atoms with van der Waals surface area (Å²) in [7, 11) is 0. The third-order valence-electron chi connectivity index (χ3n) is 3.75. The highest BCUT2D eigenvalue weighted by Crippen LogP contribution is 2.32. The molecule has 1 fully saturated rings. The van der Waals surface area contributed by atoms with Crippen molar-refractivity contribution in [2.75, 3.05) is 11.5 Å². The van der Waals surface area contributed by atoms with Crippen molar-refractivity contribution in [3.05, 3.63) is 54.4 Å². The molecule has 2 aromatic rings. The fraction of sp³-hybridized carbons (Fsp3) is 0.412. The largest absolute Gasteiger partial charge is 0.347 e. The minimum atomic E-state index is -0.0462. The van der Waals surface area contributed by atoms with Crippen molar-refractivity contribution in [3.8, 4) is 0 Å². The Hall–Kier alpha value is -1.75. The van der Waals surface area contributed by atoms with Crippen LogP contribution in [-0.4, -0.2) is 27.2 Å². The molecule has 116 valence electrons. The Bertz CT molecular complexity index is 581. The molecule has 3 rings (SSSR count). The van der Waals surface area contributed by atoms with Gasteiger partial charge in [-0.15, -0.1) is 0 Å². The lowest BCUT2D eigenvalue weighted by atomic mass is 10.1. The molecule has 0 spiro atoms. The molecule has 0 saturated heterocycles. The number of thioether (sulfide) groups is 1. The van der Waals surface area contributed by atoms with E-state index >= 15 is 0 Å². The van der Waals surface area contributed by atoms with Crippen molar-refractivity contribution in [2.45, 2.75) is 25.4 Å². The maximum Gasteiger partial charge on any atom is 0.230 e. The van der Waals surface area contributed by atoms with E-state index in [4.69, 9.17) is 0 Å². The predicted octanol–water partition coefficient (Wildman–Crippen LogP) is 2.88. The molecule has 1 atom stereocenters. The van der Waals surface area contributed by atoms with Crippen LogP contribution in [-0.2, 0) is 11.3 Å². The van der Waals surface area contributed by atoms with Crippen LogP contribution in [0.15, 0.2) is 48.8 Å². The van der Waals surface area contributed by atoms with Gasteiger partial charge in [0.15, 0.2) is 0 Å². The van der Waals surface area contributed by atoms with Gasteiger partial charge in [-0.05, 0) is 36.1 Å². The first-order valence-electron chi connectivity index (χ1n) is 7.71. The van der Waals surface area contributed by atoms with Crippen LogP contribution < -0.4 is 5.32 Å². The third kappa shape index (κ3) is 4.63. The molecule has 4 nitrogen and oxygen atoms in total. The van der Waals surface area contributed by atoms with E-state index in [0.717, 1.165) is 17.2 Å². The second-order valence-electron chi connectivity index (χ2n) is 5.72. The molecule has 0 aliphatic heterocycles. The van der Waals surface area contributed by atoms with Crippen molar-refractivity contribution in [3.63, 3.8) is 0 Å². The van der Waals surface area contributed by atoms with E-state index < -0.39 is 0 Å². The molecule has 1 aromatic heterocycles. The second kappa shape index (κ2) is 7.49. The predicted molar refractivity (Wildman–Crippen MR) is 89.6 cm³/mol. The molecular formula is C17H21N3OS. The van der Waals surface area contributed by atoms with E-state index in [1.807, 2.05) is 47.3 Å². The van der Waals surface area contributed by atoms with Gasteiger partial charge in [0.2, 0.25) is 5.91 Å². The van der Waals surface area contributed by atoms with Gasteiger partial charge in [-0.1, -0.05) is 30.3 Å². The fourth-order valence-electron chi connectivity index (χ4n) is 2.35. The minimum Gasteiger partial charge on any atom is -0.347 e. The molecule has 1 aliphatic carbocycles. The molecule has 5 heteroatoms. The number of aromatic nitrogens is 2. The number of benzene rings is 1. The maximum absolute atomic E-state index is 12.2. The molecule has 1 saturated carbocycles. The second-order valence-corrected chi connectivity index (χ2v) is 6.75. The highest BCUT2D eigenvalue weighted by molar-refractivity contribution is 7.99. The first kappa shape index (κ1) is 15.2. The Morgan fingerprint density at radius 1 is 1.32 bits per heavy atom. The maximum atomic E-state index is 12.2. The lowest BCUT2D eigenvalue weighted by molar-refractivity contribution is -0.119. The fourth-order valence-corrected chi connectivity index (χ4v) is 3.41. The average Bonchev–Trinajstić information content (AvgIpc) is 3.22. The van der Waals surface area contributed by atoms with Crippen LogP contribution in [0.1, 0.15) is 24.4 Å². The summed E-state index contributed by atoms with van der Waals surface area (Å²) < 4.78 is 1.86. The molecule has 1 heterocycles. The number of nitrogens with one attached hydrogen (secondary N) is 1. The molecule has 0 radical (unpaired) electrons. The Balaban J connectivity index is 1.58. The summed E-state index contributed by atoms with van der Waals surface area (Å²) in [6, 6.07) is 11.9. The molecule has 22 heavy (non-hydrogen) atoms. The number of hydrogen-bond acceptors (Lipinski definition) is 3. The van der Waals surface area contributed by atoms with E-state index in [2.05, 4.69) is 10.4 Å². The van der Waals surface area contributed by atoms with Gasteiger partial charge in [-0.2, -0.15) is 16.9 Å². The van der Waals surface area contributed by atoms with Gasteiger partial charge in [-0.25, -0.2) is 0 Å². The van der Waals surface area contributed by atoms with E-state index in [9.17, 15) is 4.79 Å². The van der Waals surface area contributed by atoms with Gasteiger partial charge in [-0.3, -0.25) is 9.48 Å². The summed E-state index contributed by atoms with van der Waals surface area (Å²) in [6.07, 6.45) is 6.35. The van der Waals surface area contributed by atoms with Crippen molar-refractivity contribution in [1.82, 2.24) is 15.1 Å². The van der Waals surface area contributed by atoms with Gasteiger partial charge in [0.25, 0.3) is 0 Å². The summed E-state index contributed by atoms with van der Waals surface area (Å²) in [6.45, 7) is 0.649. The number of amides is 1. The lowest BCUT2D eigenvalue weighted by Gasteiger charge is -2.19. The van der Waals surface area contributed by atoms with Gasteiger partial charge in [0.1, 0.15) is 0 Å². The van der Waals surface area contributed by atoms with Crippen LogP contribution in [0, 0.1) is 5.92 Å². The van der Waals surface area contributed by atoms with E-state index in [1.165, 1.54) is 12.8 Å². The highest BCUT2D eigenvalue weighted by Gasteiger charge is 2.22. The van der Waals surface area contributed by atoms with Crippen LogP contribution in [0.3, 0.4) is 0 Å². The normalized spacial score (nSPS) is 15.5. The molecule has 1 unspecified atom stereocenters. The summed E-state index contributed by atoms with van der Waals surface area (Å²) in [5, 5.41) is 7.39. The molecule has 1 aromatic carbocycles. The highest BCUT2D eigenvalue weighted by atomic mass is 32.2. The molecule has 1 N–H and O–H groups in total. The summed E-state index contributed by atoms with van der Waals surface area (Å²) >= 11 is 1.74. The van der Waals surface area contributed by atoms with E-state index in [1.54, 1.807) is 18.0 Å². The van der Waals surface area contributed by atoms with Gasteiger partial charge < -0.3 is 5.32 Å². The van der Waals surface area contributed by atoms with Crippen LogP contribution >= 0.6 is 11.8 Å². The lowest BCUT2D eigenvalue weighted by Crippen LogP contribution is -2.32. The minimum absolute atomic E-state index is 0.0462. The zero-order valence-corrected chi connectivity index (χ0v) is 13.3. The van der Waals surface area contributed by atoms with Crippen molar-refractivity contribution in [1.29, 1.82) is 0 Å². The van der Waals surface area contributed by atoms with Crippen molar-refractivity contribution < 1.29 is 4.79 Å². The Kier molecular flexibility index (Phi) is 5.16. The monoisotopic (exact) mass is 315 g/mol. The molecule has 1 amide bonds. The Morgan fingerprint density at radius 2 is 2.14 bits per heavy atom. The summed E-state index contributed by atoms with van der Waals surface area (Å²) in [5.41, 5.74) is 1.11. The topological polar surface area (TPSA) is 46.9 Å². The summed E-state index contributed by atoms with van der Waals surface area (Å²) in [5.74, 6) is 2.61. The molecule has 0 bridgehead atoms. The number of nitrogens with zero attached hydrogens (tertiary/aromatic N) is 2.